The lowest BCUT2D eigenvalue weighted by Gasteiger charge is -2.41. The van der Waals surface area contributed by atoms with E-state index in [-0.39, 0.29) is 0 Å². The summed E-state index contributed by atoms with van der Waals surface area (Å²) < 4.78 is 2.00. The van der Waals surface area contributed by atoms with Gasteiger partial charge in [-0.15, -0.1) is 0 Å². The molecule has 0 bridgehead atoms. The van der Waals surface area contributed by atoms with Gasteiger partial charge >= 0.3 is 0 Å². The van der Waals surface area contributed by atoms with E-state index in [9.17, 15) is 0 Å². The van der Waals surface area contributed by atoms with Crippen molar-refractivity contribution in [3.05, 3.63) is 18.5 Å². The summed E-state index contributed by atoms with van der Waals surface area (Å²) in [6.45, 7) is 9.14. The van der Waals surface area contributed by atoms with Crippen molar-refractivity contribution in [1.82, 2.24) is 15.1 Å². The van der Waals surface area contributed by atoms with Crippen LogP contribution in [0, 0.1) is 11.3 Å². The van der Waals surface area contributed by atoms with E-state index in [1.165, 1.54) is 25.7 Å². The monoisotopic (exact) mass is 249 g/mol. The third-order valence-corrected chi connectivity index (χ3v) is 4.18. The van der Waals surface area contributed by atoms with Gasteiger partial charge in [0.25, 0.3) is 0 Å². The van der Waals surface area contributed by atoms with Crippen LogP contribution >= 0.6 is 0 Å². The Morgan fingerprint density at radius 2 is 2.06 bits per heavy atom. The van der Waals surface area contributed by atoms with E-state index in [0.717, 1.165) is 19.0 Å². The van der Waals surface area contributed by atoms with E-state index >= 15 is 0 Å². The topological polar surface area (TPSA) is 29.9 Å². The van der Waals surface area contributed by atoms with Gasteiger partial charge in [-0.05, 0) is 30.2 Å². The number of nitrogens with one attached hydrogen (secondary N) is 1. The molecular formula is C15H27N3. The number of nitrogens with zero attached hydrogens (tertiary/aromatic N) is 2. The van der Waals surface area contributed by atoms with Crippen molar-refractivity contribution in [2.75, 3.05) is 6.54 Å². The maximum Gasteiger partial charge on any atom is 0.0534 e. The molecule has 1 heterocycles. The highest BCUT2D eigenvalue weighted by Crippen LogP contribution is 2.37. The Morgan fingerprint density at radius 3 is 2.72 bits per heavy atom. The minimum atomic E-state index is 0.420. The van der Waals surface area contributed by atoms with Crippen molar-refractivity contribution >= 4 is 0 Å². The van der Waals surface area contributed by atoms with Gasteiger partial charge in [-0.25, -0.2) is 0 Å². The molecule has 2 rings (SSSR count). The Morgan fingerprint density at radius 1 is 1.28 bits per heavy atom. The molecule has 0 amide bonds. The molecule has 1 fully saturated rings. The molecule has 18 heavy (non-hydrogen) atoms. The molecule has 0 aromatic carbocycles. The SMILES string of the molecule is CC(C)(C)[C@H]1CCCC[C@H]1NCCn1cccn1. The van der Waals surface area contributed by atoms with Crippen LogP contribution in [0.3, 0.4) is 0 Å². The van der Waals surface area contributed by atoms with Crippen molar-refractivity contribution in [2.24, 2.45) is 11.3 Å². The van der Waals surface area contributed by atoms with Crippen LogP contribution < -0.4 is 5.32 Å². The molecule has 1 aliphatic rings. The van der Waals surface area contributed by atoms with Gasteiger partial charge < -0.3 is 5.32 Å². The summed E-state index contributed by atoms with van der Waals surface area (Å²) in [6, 6.07) is 2.67. The lowest BCUT2D eigenvalue weighted by atomic mass is 9.69. The Labute approximate surface area is 111 Å². The van der Waals surface area contributed by atoms with Crippen molar-refractivity contribution in [1.29, 1.82) is 0 Å². The molecule has 1 aliphatic carbocycles. The summed E-state index contributed by atoms with van der Waals surface area (Å²) in [5.74, 6) is 0.809. The van der Waals surface area contributed by atoms with Crippen molar-refractivity contribution in [2.45, 2.75) is 59.0 Å². The molecule has 2 atom stereocenters. The lowest BCUT2D eigenvalue weighted by molar-refractivity contribution is 0.130. The molecule has 0 spiro atoms. The second kappa shape index (κ2) is 5.87. The van der Waals surface area contributed by atoms with E-state index in [0.29, 0.717) is 11.5 Å². The molecule has 0 aliphatic heterocycles. The number of hydrogen-bond acceptors (Lipinski definition) is 2. The van der Waals surface area contributed by atoms with Gasteiger partial charge in [-0.3, -0.25) is 4.68 Å². The molecule has 0 radical (unpaired) electrons. The largest absolute Gasteiger partial charge is 0.312 e. The molecular weight excluding hydrogens is 222 g/mol. The fourth-order valence-electron chi connectivity index (χ4n) is 3.21. The van der Waals surface area contributed by atoms with Crippen LogP contribution in [0.1, 0.15) is 46.5 Å². The van der Waals surface area contributed by atoms with Gasteiger partial charge in [0, 0.05) is 25.0 Å². The highest BCUT2D eigenvalue weighted by atomic mass is 15.3. The predicted molar refractivity (Wildman–Crippen MR) is 75.4 cm³/mol. The highest BCUT2D eigenvalue weighted by molar-refractivity contribution is 4.88. The molecule has 1 aromatic heterocycles. The molecule has 1 saturated carbocycles. The van der Waals surface area contributed by atoms with Crippen LogP contribution in [-0.2, 0) is 6.54 Å². The molecule has 102 valence electrons. The minimum Gasteiger partial charge on any atom is -0.312 e. The van der Waals surface area contributed by atoms with Crippen LogP contribution in [0.2, 0.25) is 0 Å². The summed E-state index contributed by atoms with van der Waals surface area (Å²) in [5, 5.41) is 8.00. The van der Waals surface area contributed by atoms with Gasteiger partial charge in [0.1, 0.15) is 0 Å². The molecule has 0 saturated heterocycles. The van der Waals surface area contributed by atoms with Crippen LogP contribution in [0.15, 0.2) is 18.5 Å². The third kappa shape index (κ3) is 3.58. The van der Waals surface area contributed by atoms with Gasteiger partial charge in [0.05, 0.1) is 6.54 Å². The zero-order valence-electron chi connectivity index (χ0n) is 12.0. The summed E-state index contributed by atoms with van der Waals surface area (Å²) in [4.78, 5) is 0. The van der Waals surface area contributed by atoms with Crippen molar-refractivity contribution in [3.63, 3.8) is 0 Å². The van der Waals surface area contributed by atoms with Gasteiger partial charge in [0.15, 0.2) is 0 Å². The van der Waals surface area contributed by atoms with E-state index < -0.39 is 0 Å². The fourth-order valence-corrected chi connectivity index (χ4v) is 3.21. The molecule has 0 unspecified atom stereocenters. The first-order valence-corrected chi connectivity index (χ1v) is 7.28. The average molecular weight is 249 g/mol. The number of aromatic nitrogens is 2. The number of hydrogen-bond donors (Lipinski definition) is 1. The summed E-state index contributed by atoms with van der Waals surface area (Å²) in [5.41, 5.74) is 0.420. The normalized spacial score (nSPS) is 25.3. The van der Waals surface area contributed by atoms with E-state index in [1.54, 1.807) is 0 Å². The first-order chi connectivity index (χ1) is 8.57. The second-order valence-corrected chi connectivity index (χ2v) is 6.59. The first kappa shape index (κ1) is 13.6. The lowest BCUT2D eigenvalue weighted by Crippen LogP contribution is -2.45. The molecule has 3 heteroatoms. The second-order valence-electron chi connectivity index (χ2n) is 6.59. The van der Waals surface area contributed by atoms with Crippen molar-refractivity contribution in [3.8, 4) is 0 Å². The first-order valence-electron chi connectivity index (χ1n) is 7.28. The van der Waals surface area contributed by atoms with Crippen LogP contribution in [0.4, 0.5) is 0 Å². The summed E-state index contributed by atoms with van der Waals surface area (Å²) in [7, 11) is 0. The van der Waals surface area contributed by atoms with Crippen LogP contribution in [-0.4, -0.2) is 22.4 Å². The van der Waals surface area contributed by atoms with E-state index in [2.05, 4.69) is 31.2 Å². The van der Waals surface area contributed by atoms with Crippen LogP contribution in [0.5, 0.6) is 0 Å². The predicted octanol–water partition coefficient (Wildman–Crippen LogP) is 3.08. The smallest absolute Gasteiger partial charge is 0.0534 e. The minimum absolute atomic E-state index is 0.420. The quantitative estimate of drug-likeness (QED) is 0.888. The standard InChI is InChI=1S/C15H27N3/c1-15(2,3)13-7-4-5-8-14(13)16-10-12-18-11-6-9-17-18/h6,9,11,13-14,16H,4-5,7-8,10,12H2,1-3H3/t13-,14+/m0/s1. The maximum absolute atomic E-state index is 4.24. The molecule has 3 nitrogen and oxygen atoms in total. The van der Waals surface area contributed by atoms with Gasteiger partial charge in [0.2, 0.25) is 0 Å². The zero-order valence-corrected chi connectivity index (χ0v) is 12.0. The van der Waals surface area contributed by atoms with Crippen molar-refractivity contribution < 1.29 is 0 Å². The highest BCUT2D eigenvalue weighted by Gasteiger charge is 2.33. The van der Waals surface area contributed by atoms with Gasteiger partial charge in [-0.2, -0.15) is 5.10 Å². The summed E-state index contributed by atoms with van der Waals surface area (Å²) in [6.07, 6.45) is 9.37. The fraction of sp³-hybridized carbons (Fsp3) is 0.800. The Bertz CT molecular complexity index is 337. The van der Waals surface area contributed by atoms with Crippen LogP contribution in [0.25, 0.3) is 0 Å². The Balaban J connectivity index is 1.82. The molecule has 1 aromatic rings. The van der Waals surface area contributed by atoms with E-state index in [1.807, 2.05) is 23.1 Å². The van der Waals surface area contributed by atoms with Gasteiger partial charge in [-0.1, -0.05) is 33.6 Å². The zero-order chi connectivity index (χ0) is 13.0. The third-order valence-electron chi connectivity index (χ3n) is 4.18. The Kier molecular flexibility index (Phi) is 4.44. The Hall–Kier alpha value is -0.830. The average Bonchev–Trinajstić information content (AvgIpc) is 2.81. The number of rotatable bonds is 4. The molecule has 1 N–H and O–H groups in total. The maximum atomic E-state index is 4.24. The van der Waals surface area contributed by atoms with E-state index in [4.69, 9.17) is 0 Å². The summed E-state index contributed by atoms with van der Waals surface area (Å²) >= 11 is 0.